The molecule has 0 fully saturated rings. The van der Waals surface area contributed by atoms with Crippen molar-refractivity contribution in [3.63, 3.8) is 0 Å². The first-order valence-electron chi connectivity index (χ1n) is 9.00. The average Bonchev–Trinajstić information content (AvgIpc) is 2.65. The third kappa shape index (κ3) is 4.96. The first kappa shape index (κ1) is 18.8. The van der Waals surface area contributed by atoms with E-state index in [0.717, 1.165) is 29.7 Å². The maximum absolute atomic E-state index is 6.45. The largest absolute Gasteiger partial charge is 0.398 e. The van der Waals surface area contributed by atoms with Gasteiger partial charge in [0.25, 0.3) is 0 Å². The monoisotopic (exact) mass is 331 g/mol. The Morgan fingerprint density at radius 3 is 2.28 bits per heavy atom. The summed E-state index contributed by atoms with van der Waals surface area (Å²) < 4.78 is 0. The number of rotatable bonds is 7. The summed E-state index contributed by atoms with van der Waals surface area (Å²) >= 11 is 0. The third-order valence-corrected chi connectivity index (χ3v) is 4.62. The van der Waals surface area contributed by atoms with E-state index >= 15 is 0 Å². The Balaban J connectivity index is 2.27. The van der Waals surface area contributed by atoms with Gasteiger partial charge in [0.1, 0.15) is 0 Å². The van der Waals surface area contributed by atoms with E-state index < -0.39 is 0 Å². The molecule has 2 rings (SSSR count). The molecule has 25 heavy (non-hydrogen) atoms. The van der Waals surface area contributed by atoms with Crippen LogP contribution in [0.2, 0.25) is 0 Å². The quantitative estimate of drug-likeness (QED) is 0.592. The van der Waals surface area contributed by atoms with Crippen LogP contribution in [0.3, 0.4) is 0 Å². The van der Waals surface area contributed by atoms with E-state index in [-0.39, 0.29) is 0 Å². The lowest BCUT2D eigenvalue weighted by molar-refractivity contribution is 0.959. The minimum atomic E-state index is 0.805. The number of aryl methyl sites for hydroxylation is 1. The van der Waals surface area contributed by atoms with Gasteiger partial charge in [0.2, 0.25) is 0 Å². The highest BCUT2D eigenvalue weighted by Crippen LogP contribution is 2.22. The Morgan fingerprint density at radius 1 is 1.04 bits per heavy atom. The van der Waals surface area contributed by atoms with Gasteiger partial charge in [0.05, 0.1) is 0 Å². The second-order valence-electron chi connectivity index (χ2n) is 6.50. The van der Waals surface area contributed by atoms with Gasteiger partial charge in [-0.25, -0.2) is 0 Å². The standard InChI is InChI=1S/C24H29N/c1-5-7-10-18(3)21-13-15-22(16-14-21)24(25)20(6-2)17-23-12-9-8-11-19(23)4/h6,8-16H,2,5,7,17,25H2,1,3-4H3/b18-10+,24-20+. The molecule has 0 radical (unpaired) electrons. The average molecular weight is 332 g/mol. The summed E-state index contributed by atoms with van der Waals surface area (Å²) in [4.78, 5) is 0. The molecule has 0 heterocycles. The summed E-state index contributed by atoms with van der Waals surface area (Å²) in [6.45, 7) is 10.5. The van der Waals surface area contributed by atoms with Crippen LogP contribution in [0.25, 0.3) is 11.3 Å². The zero-order chi connectivity index (χ0) is 18.2. The van der Waals surface area contributed by atoms with Crippen molar-refractivity contribution in [2.75, 3.05) is 0 Å². The SMILES string of the molecule is C=C/C(Cc1ccccc1C)=C(\N)c1ccc(/C(C)=C/CCC)cc1. The van der Waals surface area contributed by atoms with Crippen molar-refractivity contribution in [3.05, 3.63) is 95.1 Å². The van der Waals surface area contributed by atoms with E-state index in [2.05, 4.69) is 82.0 Å². The molecule has 0 spiro atoms. The normalized spacial score (nSPS) is 12.7. The van der Waals surface area contributed by atoms with Gasteiger partial charge in [-0.05, 0) is 60.1 Å². The van der Waals surface area contributed by atoms with Crippen LogP contribution in [0, 0.1) is 6.92 Å². The minimum Gasteiger partial charge on any atom is -0.398 e. The molecule has 0 bridgehead atoms. The zero-order valence-electron chi connectivity index (χ0n) is 15.7. The van der Waals surface area contributed by atoms with Gasteiger partial charge in [0.15, 0.2) is 0 Å². The predicted octanol–water partition coefficient (Wildman–Crippen LogP) is 6.30. The van der Waals surface area contributed by atoms with Crippen molar-refractivity contribution >= 4 is 11.3 Å². The van der Waals surface area contributed by atoms with Gasteiger partial charge < -0.3 is 5.73 Å². The molecule has 2 aromatic carbocycles. The summed E-state index contributed by atoms with van der Waals surface area (Å²) in [5.74, 6) is 0. The first-order valence-corrected chi connectivity index (χ1v) is 9.00. The van der Waals surface area contributed by atoms with E-state index in [1.807, 2.05) is 6.08 Å². The van der Waals surface area contributed by atoms with Gasteiger partial charge >= 0.3 is 0 Å². The Hall–Kier alpha value is -2.54. The molecular formula is C24H29N. The Labute approximate surface area is 152 Å². The van der Waals surface area contributed by atoms with Crippen LogP contribution in [-0.2, 0) is 6.42 Å². The van der Waals surface area contributed by atoms with Crippen molar-refractivity contribution < 1.29 is 0 Å². The Kier molecular flexibility index (Phi) is 6.82. The summed E-state index contributed by atoms with van der Waals surface area (Å²) in [7, 11) is 0. The van der Waals surface area contributed by atoms with Crippen molar-refractivity contribution in [1.29, 1.82) is 0 Å². The van der Waals surface area contributed by atoms with Crippen molar-refractivity contribution in [2.24, 2.45) is 5.73 Å². The van der Waals surface area contributed by atoms with Gasteiger partial charge in [-0.3, -0.25) is 0 Å². The van der Waals surface area contributed by atoms with Crippen LogP contribution < -0.4 is 5.73 Å². The molecule has 0 unspecified atom stereocenters. The second-order valence-corrected chi connectivity index (χ2v) is 6.50. The van der Waals surface area contributed by atoms with Crippen LogP contribution >= 0.6 is 0 Å². The molecule has 0 aliphatic heterocycles. The Morgan fingerprint density at radius 2 is 1.68 bits per heavy atom. The van der Waals surface area contributed by atoms with Gasteiger partial charge in [0, 0.05) is 5.70 Å². The van der Waals surface area contributed by atoms with Crippen LogP contribution in [0.5, 0.6) is 0 Å². The van der Waals surface area contributed by atoms with E-state index in [4.69, 9.17) is 5.73 Å². The highest BCUT2D eigenvalue weighted by atomic mass is 14.6. The number of hydrogen-bond donors (Lipinski definition) is 1. The number of benzene rings is 2. The molecule has 0 aromatic heterocycles. The van der Waals surface area contributed by atoms with Crippen molar-refractivity contribution in [2.45, 2.75) is 40.0 Å². The fraction of sp³-hybridized carbons (Fsp3) is 0.250. The molecule has 1 nitrogen and oxygen atoms in total. The molecule has 2 N–H and O–H groups in total. The lowest BCUT2D eigenvalue weighted by atomic mass is 9.96. The molecule has 0 aliphatic rings. The summed E-state index contributed by atoms with van der Waals surface area (Å²) in [6, 6.07) is 16.9. The van der Waals surface area contributed by atoms with Gasteiger partial charge in [-0.2, -0.15) is 0 Å². The fourth-order valence-electron chi connectivity index (χ4n) is 2.87. The van der Waals surface area contributed by atoms with Crippen LogP contribution in [-0.4, -0.2) is 0 Å². The van der Waals surface area contributed by atoms with Crippen molar-refractivity contribution in [3.8, 4) is 0 Å². The number of hydrogen-bond acceptors (Lipinski definition) is 1. The summed E-state index contributed by atoms with van der Waals surface area (Å²) in [5.41, 5.74) is 14.5. The molecule has 0 saturated carbocycles. The van der Waals surface area contributed by atoms with Crippen LogP contribution in [0.15, 0.2) is 72.8 Å². The molecule has 0 amide bonds. The molecule has 0 atom stereocenters. The summed E-state index contributed by atoms with van der Waals surface area (Å²) in [5, 5.41) is 0. The number of allylic oxidation sites excluding steroid dienone is 4. The van der Waals surface area contributed by atoms with E-state index in [0.29, 0.717) is 0 Å². The maximum atomic E-state index is 6.45. The predicted molar refractivity (Wildman–Crippen MR) is 111 cm³/mol. The number of nitrogens with two attached hydrogens (primary N) is 1. The van der Waals surface area contributed by atoms with E-state index in [1.54, 1.807) is 0 Å². The maximum Gasteiger partial charge on any atom is 0.0423 e. The van der Waals surface area contributed by atoms with Crippen LogP contribution in [0.4, 0.5) is 0 Å². The highest BCUT2D eigenvalue weighted by molar-refractivity contribution is 5.71. The second kappa shape index (κ2) is 9.08. The van der Waals surface area contributed by atoms with E-state index in [9.17, 15) is 0 Å². The van der Waals surface area contributed by atoms with Crippen molar-refractivity contribution in [1.82, 2.24) is 0 Å². The molecule has 0 saturated heterocycles. The molecule has 130 valence electrons. The summed E-state index contributed by atoms with van der Waals surface area (Å²) in [6.07, 6.45) is 7.27. The fourth-order valence-corrected chi connectivity index (χ4v) is 2.87. The Bertz CT molecular complexity index is 776. The lowest BCUT2D eigenvalue weighted by Gasteiger charge is -2.12. The molecule has 0 aliphatic carbocycles. The van der Waals surface area contributed by atoms with Crippen LogP contribution in [0.1, 0.15) is 48.9 Å². The number of unbranched alkanes of at least 4 members (excludes halogenated alkanes) is 1. The first-order chi connectivity index (χ1) is 12.1. The minimum absolute atomic E-state index is 0.805. The van der Waals surface area contributed by atoms with E-state index in [1.165, 1.54) is 28.7 Å². The smallest absolute Gasteiger partial charge is 0.0423 e. The molecule has 2 aromatic rings. The topological polar surface area (TPSA) is 26.0 Å². The van der Waals surface area contributed by atoms with Gasteiger partial charge in [-0.1, -0.05) is 80.6 Å². The molecular weight excluding hydrogens is 302 g/mol. The molecule has 1 heteroatoms. The third-order valence-electron chi connectivity index (χ3n) is 4.62. The lowest BCUT2D eigenvalue weighted by Crippen LogP contribution is -2.03. The highest BCUT2D eigenvalue weighted by Gasteiger charge is 2.07. The zero-order valence-corrected chi connectivity index (χ0v) is 15.7. The van der Waals surface area contributed by atoms with Gasteiger partial charge in [-0.15, -0.1) is 0 Å².